The number of anilines is 1. The highest BCUT2D eigenvalue weighted by atomic mass is 19.1. The Morgan fingerprint density at radius 1 is 1.00 bits per heavy atom. The fraction of sp³-hybridized carbons (Fsp3) is 0.472. The van der Waals surface area contributed by atoms with Gasteiger partial charge in [-0.2, -0.15) is 9.97 Å². The van der Waals surface area contributed by atoms with E-state index in [9.17, 15) is 9.50 Å². The van der Waals surface area contributed by atoms with Crippen molar-refractivity contribution in [1.82, 2.24) is 25.2 Å². The number of pyridine rings is 1. The third kappa shape index (κ3) is 6.49. The number of phenolic OH excluding ortho intramolecular Hbond substituents is 1. The molecule has 7 rings (SSSR count). The number of hydrogen-bond donors (Lipinski definition) is 2. The Morgan fingerprint density at radius 2 is 1.74 bits per heavy atom. The average Bonchev–Trinajstić information content (AvgIpc) is 3.88. The molecule has 9 nitrogen and oxygen atoms in total. The number of rotatable bonds is 8. The lowest BCUT2D eigenvalue weighted by Crippen LogP contribution is -2.44. The minimum atomic E-state index is -0.775. The first-order valence-electron chi connectivity index (χ1n) is 16.6. The van der Waals surface area contributed by atoms with E-state index < -0.39 is 11.6 Å². The fourth-order valence-corrected chi connectivity index (χ4v) is 6.69. The van der Waals surface area contributed by atoms with E-state index >= 15 is 4.39 Å². The van der Waals surface area contributed by atoms with Gasteiger partial charge in [0.2, 0.25) is 5.88 Å². The van der Waals surface area contributed by atoms with Crippen molar-refractivity contribution in [3.8, 4) is 41.2 Å². The van der Waals surface area contributed by atoms with E-state index in [-0.39, 0.29) is 50.8 Å². The molecule has 4 heterocycles. The van der Waals surface area contributed by atoms with Crippen LogP contribution in [0.2, 0.25) is 0 Å². The van der Waals surface area contributed by atoms with Crippen LogP contribution in [-0.2, 0) is 0 Å². The van der Waals surface area contributed by atoms with E-state index in [4.69, 9.17) is 20.9 Å². The maximum atomic E-state index is 16.9. The number of halogens is 2. The largest absolute Gasteiger partial charge is 0.508 e. The van der Waals surface area contributed by atoms with Crippen LogP contribution in [0.1, 0.15) is 51.5 Å². The highest BCUT2D eigenvalue weighted by molar-refractivity contribution is 6.04. The van der Waals surface area contributed by atoms with Crippen LogP contribution in [0.5, 0.6) is 17.6 Å². The highest BCUT2D eigenvalue weighted by Gasteiger charge is 2.45. The van der Waals surface area contributed by atoms with Gasteiger partial charge in [-0.15, -0.1) is 6.42 Å². The van der Waals surface area contributed by atoms with Gasteiger partial charge in [0.15, 0.2) is 5.82 Å². The summed E-state index contributed by atoms with van der Waals surface area (Å²) in [5.74, 6) is 1.39. The summed E-state index contributed by atoms with van der Waals surface area (Å²) in [6.07, 6.45) is 11.6. The van der Waals surface area contributed by atoms with Gasteiger partial charge in [0.1, 0.15) is 34.0 Å². The lowest BCUT2D eigenvalue weighted by Gasteiger charge is -2.31. The first-order chi connectivity index (χ1) is 22.9. The molecule has 4 aromatic rings. The van der Waals surface area contributed by atoms with E-state index in [0.717, 1.165) is 45.6 Å². The van der Waals surface area contributed by atoms with Crippen LogP contribution >= 0.6 is 0 Å². The molecule has 2 saturated heterocycles. The summed E-state index contributed by atoms with van der Waals surface area (Å²) >= 11 is 0. The number of hydrogen-bond acceptors (Lipinski definition) is 9. The lowest BCUT2D eigenvalue weighted by atomic mass is 9.95. The van der Waals surface area contributed by atoms with Crippen LogP contribution in [-0.4, -0.2) is 84.5 Å². The summed E-state index contributed by atoms with van der Waals surface area (Å²) in [5, 5.41) is 14.9. The quantitative estimate of drug-likeness (QED) is 0.228. The number of terminal acetylenes is 1. The van der Waals surface area contributed by atoms with Crippen molar-refractivity contribution < 1.29 is 23.4 Å². The zero-order valence-electron chi connectivity index (χ0n) is 27.3. The monoisotopic (exact) mass is 644 g/mol. The summed E-state index contributed by atoms with van der Waals surface area (Å²) in [4.78, 5) is 18.5. The number of aromatic hydroxyl groups is 1. The minimum Gasteiger partial charge on any atom is -0.508 e. The van der Waals surface area contributed by atoms with Gasteiger partial charge in [-0.1, -0.05) is 32.3 Å². The molecule has 0 spiro atoms. The topological polar surface area (TPSA) is 95.9 Å². The number of ether oxygens (including phenoxy) is 2. The summed E-state index contributed by atoms with van der Waals surface area (Å²) in [5.41, 5.74) is -0.105. The molecule has 11 heteroatoms. The zero-order chi connectivity index (χ0) is 33.1. The van der Waals surface area contributed by atoms with Gasteiger partial charge in [-0.25, -0.2) is 13.8 Å². The molecule has 2 aromatic heterocycles. The van der Waals surface area contributed by atoms with Crippen molar-refractivity contribution in [2.24, 2.45) is 5.41 Å². The molecule has 1 saturated carbocycles. The molecule has 3 fully saturated rings. The van der Waals surface area contributed by atoms with Gasteiger partial charge in [-0.05, 0) is 62.4 Å². The number of nitrogens with one attached hydrogen (secondary N) is 1. The Morgan fingerprint density at radius 3 is 2.43 bits per heavy atom. The van der Waals surface area contributed by atoms with Gasteiger partial charge in [-0.3, -0.25) is 0 Å². The smallest absolute Gasteiger partial charge is 0.319 e. The number of nitrogens with zero attached hydrogens (tertiary/aromatic N) is 5. The first kappa shape index (κ1) is 32.7. The molecule has 3 aliphatic rings. The van der Waals surface area contributed by atoms with Crippen molar-refractivity contribution in [2.75, 3.05) is 64.4 Å². The van der Waals surface area contributed by atoms with Crippen molar-refractivity contribution in [1.29, 1.82) is 0 Å². The van der Waals surface area contributed by atoms with Crippen LogP contribution in [0, 0.1) is 29.4 Å². The van der Waals surface area contributed by atoms with Crippen LogP contribution in [0.3, 0.4) is 0 Å². The predicted octanol–water partition coefficient (Wildman–Crippen LogP) is 5.90. The molecule has 0 radical (unpaired) electrons. The maximum Gasteiger partial charge on any atom is 0.319 e. The number of phenols is 1. The second-order valence-corrected chi connectivity index (χ2v) is 12.4. The molecular formula is C36H42F2N6O3. The molecule has 0 amide bonds. The van der Waals surface area contributed by atoms with Crippen molar-refractivity contribution in [3.63, 3.8) is 0 Å². The lowest BCUT2D eigenvalue weighted by molar-refractivity contribution is 0.139. The number of methoxy groups -OCH3 is 1. The number of benzene rings is 2. The molecule has 2 N–H and O–H groups in total. The van der Waals surface area contributed by atoms with Gasteiger partial charge in [0, 0.05) is 49.1 Å². The van der Waals surface area contributed by atoms with Crippen molar-refractivity contribution >= 4 is 27.5 Å². The fourth-order valence-electron chi connectivity index (χ4n) is 6.69. The molecule has 248 valence electrons. The van der Waals surface area contributed by atoms with Gasteiger partial charge in [0.25, 0.3) is 0 Å². The zero-order valence-corrected chi connectivity index (χ0v) is 27.3. The summed E-state index contributed by atoms with van der Waals surface area (Å²) < 4.78 is 43.7. The Bertz CT molecular complexity index is 1810. The van der Waals surface area contributed by atoms with E-state index in [1.165, 1.54) is 50.6 Å². The first-order valence-corrected chi connectivity index (χ1v) is 16.6. The van der Waals surface area contributed by atoms with Crippen LogP contribution in [0.25, 0.3) is 32.9 Å². The van der Waals surface area contributed by atoms with E-state index in [2.05, 4.69) is 26.1 Å². The average molecular weight is 645 g/mol. The van der Waals surface area contributed by atoms with Crippen LogP contribution in [0.4, 0.5) is 14.6 Å². The summed E-state index contributed by atoms with van der Waals surface area (Å²) in [7, 11) is 1.44. The number of fused-ring (bicyclic) bond motifs is 2. The molecule has 2 aliphatic heterocycles. The molecule has 0 atom stereocenters. The Kier molecular flexibility index (Phi) is 9.62. The molecule has 0 unspecified atom stereocenters. The number of piperazine rings is 1. The second-order valence-electron chi connectivity index (χ2n) is 12.4. The number of aromatic nitrogens is 3. The van der Waals surface area contributed by atoms with E-state index in [1.54, 1.807) is 0 Å². The van der Waals surface area contributed by atoms with Crippen molar-refractivity contribution in [2.45, 2.75) is 46.0 Å². The summed E-state index contributed by atoms with van der Waals surface area (Å²) in [6.45, 7) is 10.4. The standard InChI is InChI=1S/C34H36F2N6O3.C2H6/c1-3-23-25(35)8-7-21-17-22(43)18-24(26(21)23)29-28(36)30-27(32(38-29)44-2)31(42-15-11-37-12-16-42)40-33(39-30)45-20-34(9-10-34)19-41-13-5-4-6-14-41;1-2/h1,7-8,17-18,37,43H,4-6,9-16,19-20H2,2H3;1-2H3. The Labute approximate surface area is 274 Å². The predicted molar refractivity (Wildman–Crippen MR) is 180 cm³/mol. The Balaban J connectivity index is 0.00000190. The maximum absolute atomic E-state index is 16.9. The van der Waals surface area contributed by atoms with Crippen LogP contribution in [0.15, 0.2) is 24.3 Å². The van der Waals surface area contributed by atoms with Crippen LogP contribution < -0.4 is 19.7 Å². The van der Waals surface area contributed by atoms with E-state index in [1.807, 2.05) is 18.7 Å². The molecule has 2 aromatic carbocycles. The Hall–Kier alpha value is -4.27. The van der Waals surface area contributed by atoms with Gasteiger partial charge in [0.05, 0.1) is 19.3 Å². The summed E-state index contributed by atoms with van der Waals surface area (Å²) in [6, 6.07) is 5.56. The SMILES string of the molecule is C#Cc1c(F)ccc2cc(O)cc(-c3nc(OC)c4c(N5CCNCC5)nc(OCC5(CN6CCCCC6)CC5)nc4c3F)c12.CC. The number of piperidine rings is 1. The second kappa shape index (κ2) is 13.8. The van der Waals surface area contributed by atoms with Crippen molar-refractivity contribution in [3.05, 3.63) is 41.5 Å². The molecule has 47 heavy (non-hydrogen) atoms. The van der Waals surface area contributed by atoms with E-state index in [0.29, 0.717) is 36.3 Å². The van der Waals surface area contributed by atoms with Gasteiger partial charge >= 0.3 is 6.01 Å². The normalized spacial score (nSPS) is 17.6. The highest BCUT2D eigenvalue weighted by Crippen LogP contribution is 2.47. The molecule has 0 bridgehead atoms. The number of likely N-dealkylation sites (tertiary alicyclic amines) is 1. The molecular weight excluding hydrogens is 602 g/mol. The third-order valence-electron chi connectivity index (χ3n) is 9.25. The molecule has 1 aliphatic carbocycles. The van der Waals surface area contributed by atoms with Gasteiger partial charge < -0.3 is 29.7 Å². The third-order valence-corrected chi connectivity index (χ3v) is 9.25. The minimum absolute atomic E-state index is 0.0357.